The number of halogens is 1. The summed E-state index contributed by atoms with van der Waals surface area (Å²) >= 11 is 6.39. The van der Waals surface area contributed by atoms with Crippen molar-refractivity contribution in [1.29, 1.82) is 0 Å². The molecule has 2 N–H and O–H groups in total. The molecule has 1 aliphatic carbocycles. The van der Waals surface area contributed by atoms with Crippen LogP contribution in [0, 0.1) is 6.92 Å². The molecule has 0 radical (unpaired) electrons. The Labute approximate surface area is 244 Å². The highest BCUT2D eigenvalue weighted by atomic mass is 35.5. The van der Waals surface area contributed by atoms with Crippen LogP contribution in [-0.2, 0) is 18.4 Å². The van der Waals surface area contributed by atoms with Gasteiger partial charge in [0.05, 0.1) is 24.4 Å². The number of carbonyl (C=O) groups is 1. The van der Waals surface area contributed by atoms with E-state index in [0.29, 0.717) is 29.9 Å². The summed E-state index contributed by atoms with van der Waals surface area (Å²) in [7, 11) is -3.71. The van der Waals surface area contributed by atoms with E-state index in [9.17, 15) is 9.36 Å². The number of H-pyrrole nitrogens is 1. The Morgan fingerprint density at radius 2 is 1.55 bits per heavy atom. The van der Waals surface area contributed by atoms with Crippen LogP contribution in [0.2, 0.25) is 5.02 Å². The summed E-state index contributed by atoms with van der Waals surface area (Å²) in [6, 6.07) is 0. The molecule has 1 saturated heterocycles. The number of rotatable bonds is 17. The van der Waals surface area contributed by atoms with Gasteiger partial charge >= 0.3 is 7.60 Å². The van der Waals surface area contributed by atoms with Crippen LogP contribution in [0.1, 0.15) is 135 Å². The quantitative estimate of drug-likeness (QED) is 0.109. The van der Waals surface area contributed by atoms with Crippen LogP contribution in [0.25, 0.3) is 5.65 Å². The summed E-state index contributed by atoms with van der Waals surface area (Å²) in [6.07, 6.45) is 15.5. The van der Waals surface area contributed by atoms with Gasteiger partial charge in [-0.15, -0.1) is 5.10 Å². The number of amides is 1. The molecule has 1 amide bonds. The first kappa shape index (κ1) is 31.5. The van der Waals surface area contributed by atoms with Crippen molar-refractivity contribution in [2.24, 2.45) is 0 Å². The zero-order valence-corrected chi connectivity index (χ0v) is 26.5. The Bertz CT molecular complexity index is 1160. The van der Waals surface area contributed by atoms with Crippen LogP contribution < -0.4 is 5.32 Å². The van der Waals surface area contributed by atoms with Crippen molar-refractivity contribution in [1.82, 2.24) is 25.1 Å². The maximum atomic E-state index is 14.4. The van der Waals surface area contributed by atoms with E-state index in [1.807, 2.05) is 20.8 Å². The van der Waals surface area contributed by atoms with E-state index in [2.05, 4.69) is 22.4 Å². The second-order valence-corrected chi connectivity index (χ2v) is 14.3. The molecule has 0 bridgehead atoms. The Hall–Kier alpha value is -1.41. The van der Waals surface area contributed by atoms with Gasteiger partial charge in [-0.1, -0.05) is 82.7 Å². The average molecular weight is 598 g/mol. The molecule has 40 heavy (non-hydrogen) atoms. The molecule has 1 atom stereocenters. The van der Waals surface area contributed by atoms with Crippen LogP contribution in [0.15, 0.2) is 0 Å². The van der Waals surface area contributed by atoms with Gasteiger partial charge in [0.15, 0.2) is 16.6 Å². The first-order valence-electron chi connectivity index (χ1n) is 15.6. The average Bonchev–Trinajstić information content (AvgIpc) is 3.46. The monoisotopic (exact) mass is 597 g/mol. The highest BCUT2D eigenvalue weighted by molar-refractivity contribution is 7.57. The fourth-order valence-corrected chi connectivity index (χ4v) is 9.83. The van der Waals surface area contributed by atoms with Crippen molar-refractivity contribution in [3.63, 3.8) is 0 Å². The van der Waals surface area contributed by atoms with E-state index in [4.69, 9.17) is 25.6 Å². The standard InChI is InChI=1S/C29H49ClN5O4P/c1-5-8-9-10-11-12-13-14-15-16-19-29(40(37,38-6-2)39-7-3)27(36)32-28(29)20-17-23(18-21-28)25-31-26-24(30)22(4)33-35(26)34-25/h23,33H,5-21H2,1-4H3,(H,32,36). The Morgan fingerprint density at radius 3 is 2.08 bits per heavy atom. The predicted molar refractivity (Wildman–Crippen MR) is 159 cm³/mol. The number of aryl methyl sites for hydroxylation is 1. The van der Waals surface area contributed by atoms with Gasteiger partial charge in [0.25, 0.3) is 0 Å². The van der Waals surface area contributed by atoms with E-state index >= 15 is 0 Å². The van der Waals surface area contributed by atoms with Gasteiger partial charge in [-0.3, -0.25) is 14.5 Å². The Balaban J connectivity index is 1.44. The number of aromatic amines is 1. The number of nitrogens with zero attached hydrogens (tertiary/aromatic N) is 3. The highest BCUT2D eigenvalue weighted by Crippen LogP contribution is 2.71. The fourth-order valence-electron chi connectivity index (χ4n) is 6.92. The molecular formula is C29H49ClN5O4P. The van der Waals surface area contributed by atoms with Crippen LogP contribution in [0.4, 0.5) is 0 Å². The largest absolute Gasteiger partial charge is 0.348 e. The maximum absolute atomic E-state index is 14.4. The van der Waals surface area contributed by atoms with Crippen molar-refractivity contribution in [2.75, 3.05) is 13.2 Å². The lowest BCUT2D eigenvalue weighted by atomic mass is 9.62. The molecule has 1 saturated carbocycles. The molecule has 3 heterocycles. The Morgan fingerprint density at radius 1 is 0.975 bits per heavy atom. The van der Waals surface area contributed by atoms with Gasteiger partial charge in [-0.2, -0.15) is 4.63 Å². The number of hydrogen-bond donors (Lipinski definition) is 2. The number of hydrogen-bond acceptors (Lipinski definition) is 6. The van der Waals surface area contributed by atoms with Gasteiger partial charge in [0, 0.05) is 5.92 Å². The summed E-state index contributed by atoms with van der Waals surface area (Å²) in [5.41, 5.74) is 0.871. The molecule has 2 aromatic rings. The van der Waals surface area contributed by atoms with Crippen molar-refractivity contribution in [2.45, 2.75) is 141 Å². The minimum absolute atomic E-state index is 0.140. The lowest BCUT2D eigenvalue weighted by Crippen LogP contribution is -2.81. The third kappa shape index (κ3) is 5.91. The van der Waals surface area contributed by atoms with Gasteiger partial charge in [0.2, 0.25) is 5.91 Å². The molecule has 2 aliphatic rings. The maximum Gasteiger partial charge on any atom is 0.348 e. The normalized spacial score (nSPS) is 25.0. The fraction of sp³-hybridized carbons (Fsp3) is 0.828. The molecule has 226 valence electrons. The summed E-state index contributed by atoms with van der Waals surface area (Å²) < 4.78 is 27.9. The lowest BCUT2D eigenvalue weighted by molar-refractivity contribution is -0.143. The summed E-state index contributed by atoms with van der Waals surface area (Å²) in [5.74, 6) is 0.718. The predicted octanol–water partition coefficient (Wildman–Crippen LogP) is 7.86. The lowest BCUT2D eigenvalue weighted by Gasteiger charge is -2.61. The molecule has 1 spiro atoms. The zero-order chi connectivity index (χ0) is 28.8. The van der Waals surface area contributed by atoms with Crippen molar-refractivity contribution >= 4 is 30.8 Å². The van der Waals surface area contributed by atoms with E-state index in [0.717, 1.165) is 43.6 Å². The van der Waals surface area contributed by atoms with E-state index in [1.165, 1.54) is 44.9 Å². The number of nitrogens with one attached hydrogen (secondary N) is 2. The van der Waals surface area contributed by atoms with E-state index in [1.54, 1.807) is 4.63 Å². The number of fused-ring (bicyclic) bond motifs is 1. The van der Waals surface area contributed by atoms with Crippen molar-refractivity contribution in [3.05, 3.63) is 16.5 Å². The molecule has 2 aromatic heterocycles. The zero-order valence-electron chi connectivity index (χ0n) is 24.9. The van der Waals surface area contributed by atoms with Gasteiger partial charge < -0.3 is 14.4 Å². The molecule has 2 fully saturated rings. The first-order valence-corrected chi connectivity index (χ1v) is 17.5. The van der Waals surface area contributed by atoms with Crippen molar-refractivity contribution in [3.8, 4) is 0 Å². The SMILES string of the molecule is CCCCCCCCCCCCC1(P(=O)(OCC)OCC)C(=O)NC12CCC(c1nc3c(Cl)c(C)[nH]n3n1)CC2. The van der Waals surface area contributed by atoms with Crippen LogP contribution in [0.5, 0.6) is 0 Å². The van der Waals surface area contributed by atoms with Crippen LogP contribution in [0.3, 0.4) is 0 Å². The summed E-state index contributed by atoms with van der Waals surface area (Å²) in [5, 5.41) is 10.4. The first-order chi connectivity index (χ1) is 19.3. The number of carbonyl (C=O) groups excluding carboxylic acids is 1. The van der Waals surface area contributed by atoms with Gasteiger partial charge in [0.1, 0.15) is 5.02 Å². The Kier molecular flexibility index (Phi) is 10.8. The van der Waals surface area contributed by atoms with Crippen LogP contribution in [-0.4, -0.2) is 49.6 Å². The molecular weight excluding hydrogens is 549 g/mol. The minimum Gasteiger partial charge on any atom is -0.348 e. The number of unbranched alkanes of at least 4 members (excludes halogenated alkanes) is 9. The van der Waals surface area contributed by atoms with Gasteiger partial charge in [-0.05, 0) is 52.9 Å². The highest BCUT2D eigenvalue weighted by Gasteiger charge is 2.75. The summed E-state index contributed by atoms with van der Waals surface area (Å²) in [4.78, 5) is 18.2. The number of aromatic nitrogens is 4. The third-order valence-electron chi connectivity index (χ3n) is 9.10. The third-order valence-corrected chi connectivity index (χ3v) is 12.5. The van der Waals surface area contributed by atoms with Crippen LogP contribution >= 0.6 is 19.2 Å². The van der Waals surface area contributed by atoms with E-state index < -0.39 is 18.3 Å². The van der Waals surface area contributed by atoms with Crippen molar-refractivity contribution < 1.29 is 18.4 Å². The second kappa shape index (κ2) is 13.7. The summed E-state index contributed by atoms with van der Waals surface area (Å²) in [6.45, 7) is 8.26. The second-order valence-electron chi connectivity index (χ2n) is 11.7. The molecule has 1 aliphatic heterocycles. The molecule has 0 aromatic carbocycles. The minimum atomic E-state index is -3.71. The van der Waals surface area contributed by atoms with Gasteiger partial charge in [-0.25, -0.2) is 4.98 Å². The number of β-lactam (4-membered cyclic amide) rings is 1. The molecule has 4 rings (SSSR count). The molecule has 1 unspecified atom stereocenters. The topological polar surface area (TPSA) is 111 Å². The molecule has 9 nitrogen and oxygen atoms in total. The van der Waals surface area contributed by atoms with E-state index in [-0.39, 0.29) is 25.0 Å². The molecule has 11 heteroatoms. The smallest absolute Gasteiger partial charge is 0.348 e.